The van der Waals surface area contributed by atoms with E-state index in [2.05, 4.69) is 19.2 Å². The second-order valence-electron chi connectivity index (χ2n) is 7.20. The van der Waals surface area contributed by atoms with E-state index in [1.807, 2.05) is 25.1 Å². The minimum atomic E-state index is -1.03. The summed E-state index contributed by atoms with van der Waals surface area (Å²) in [6, 6.07) is 5.28. The van der Waals surface area contributed by atoms with Gasteiger partial charge in [0, 0.05) is 0 Å². The van der Waals surface area contributed by atoms with Crippen LogP contribution in [0, 0.1) is 5.92 Å². The molecule has 2 rings (SSSR count). The topological polar surface area (TPSA) is 94.1 Å². The number of rotatable bonds is 9. The number of amides is 1. The Morgan fingerprint density at radius 3 is 2.52 bits per heavy atom. The number of carbonyl (C=O) groups excluding carboxylic acids is 1. The summed E-state index contributed by atoms with van der Waals surface area (Å²) in [6.45, 7) is 6.75. The third-order valence-electron chi connectivity index (χ3n) is 4.59. The first kappa shape index (κ1) is 21.0. The third-order valence-corrected chi connectivity index (χ3v) is 4.59. The lowest BCUT2D eigenvalue weighted by Crippen LogP contribution is -2.37. The van der Waals surface area contributed by atoms with Gasteiger partial charge in [-0.3, -0.25) is 4.79 Å². The Hall–Kier alpha value is -2.28. The lowest BCUT2D eigenvalue weighted by Gasteiger charge is -2.19. The number of benzene rings is 1. The molecule has 0 aromatic heterocycles. The van der Waals surface area contributed by atoms with Crippen LogP contribution in [0.2, 0.25) is 0 Å². The van der Waals surface area contributed by atoms with Gasteiger partial charge >= 0.3 is 5.97 Å². The van der Waals surface area contributed by atoms with Gasteiger partial charge in [-0.15, -0.1) is 0 Å². The van der Waals surface area contributed by atoms with Crippen molar-refractivity contribution in [1.29, 1.82) is 0 Å². The van der Waals surface area contributed by atoms with Gasteiger partial charge in [0.1, 0.15) is 6.10 Å². The van der Waals surface area contributed by atoms with E-state index in [1.165, 1.54) is 0 Å². The fourth-order valence-electron chi connectivity index (χ4n) is 2.88. The second-order valence-corrected chi connectivity index (χ2v) is 7.20. The van der Waals surface area contributed by atoms with Crippen LogP contribution in [0.25, 0.3) is 0 Å². The van der Waals surface area contributed by atoms with E-state index in [0.717, 1.165) is 12.0 Å². The van der Waals surface area contributed by atoms with E-state index in [9.17, 15) is 9.59 Å². The molecule has 0 bridgehead atoms. The maximum Gasteiger partial charge on any atom is 0.332 e. The van der Waals surface area contributed by atoms with Crippen LogP contribution in [0.3, 0.4) is 0 Å². The van der Waals surface area contributed by atoms with Crippen molar-refractivity contribution in [2.75, 3.05) is 13.7 Å². The highest BCUT2D eigenvalue weighted by Gasteiger charge is 2.35. The van der Waals surface area contributed by atoms with Crippen molar-refractivity contribution in [3.05, 3.63) is 23.8 Å². The molecule has 1 aliphatic rings. The minimum Gasteiger partial charge on any atom is -0.493 e. The highest BCUT2D eigenvalue weighted by Crippen LogP contribution is 2.31. The Kier molecular flexibility index (Phi) is 7.47. The number of methoxy groups -OCH3 is 1. The number of nitrogens with one attached hydrogen (secondary N) is 1. The smallest absolute Gasteiger partial charge is 0.332 e. The van der Waals surface area contributed by atoms with E-state index in [-0.39, 0.29) is 11.9 Å². The van der Waals surface area contributed by atoms with Gasteiger partial charge in [0.05, 0.1) is 19.8 Å². The van der Waals surface area contributed by atoms with Gasteiger partial charge in [-0.05, 0) is 49.8 Å². The molecule has 3 atom stereocenters. The summed E-state index contributed by atoms with van der Waals surface area (Å²) < 4.78 is 16.5. The van der Waals surface area contributed by atoms with Crippen molar-refractivity contribution in [2.24, 2.45) is 5.92 Å². The fraction of sp³-hybridized carbons (Fsp3) is 0.600. The number of hydrogen-bond donors (Lipinski definition) is 2. The summed E-state index contributed by atoms with van der Waals surface area (Å²) >= 11 is 0. The summed E-state index contributed by atoms with van der Waals surface area (Å²) in [5, 5.41) is 11.8. The molecule has 0 radical (unpaired) electrons. The van der Waals surface area contributed by atoms with Gasteiger partial charge in [-0.1, -0.05) is 19.9 Å². The largest absolute Gasteiger partial charge is 0.493 e. The SMILES string of the molecule is COc1cc(C(C)NC(=O)[C@@H]2CC[C@H](C(=O)O)O2)ccc1OCCC(C)C. The summed E-state index contributed by atoms with van der Waals surface area (Å²) in [6.07, 6.45) is 0.0720. The summed E-state index contributed by atoms with van der Waals surface area (Å²) in [5.41, 5.74) is 0.865. The summed E-state index contributed by atoms with van der Waals surface area (Å²) in [5.74, 6) is 0.506. The average Bonchev–Trinajstić information content (AvgIpc) is 3.12. The molecule has 1 aromatic carbocycles. The van der Waals surface area contributed by atoms with Gasteiger partial charge in [0.25, 0.3) is 0 Å². The number of aliphatic carboxylic acids is 1. The molecule has 150 valence electrons. The first-order valence-corrected chi connectivity index (χ1v) is 9.31. The number of carbonyl (C=O) groups is 2. The molecule has 7 nitrogen and oxygen atoms in total. The van der Waals surface area contributed by atoms with Crippen molar-refractivity contribution >= 4 is 11.9 Å². The summed E-state index contributed by atoms with van der Waals surface area (Å²) in [4.78, 5) is 23.3. The monoisotopic (exact) mass is 379 g/mol. The number of hydrogen-bond acceptors (Lipinski definition) is 5. The molecular weight excluding hydrogens is 350 g/mol. The van der Waals surface area contributed by atoms with Crippen LogP contribution in [0.1, 0.15) is 51.6 Å². The number of carboxylic acid groups (broad SMARTS) is 1. The molecule has 27 heavy (non-hydrogen) atoms. The quantitative estimate of drug-likeness (QED) is 0.685. The molecule has 1 fully saturated rings. The van der Waals surface area contributed by atoms with E-state index in [0.29, 0.717) is 36.9 Å². The molecule has 1 saturated heterocycles. The Bertz CT molecular complexity index is 660. The first-order chi connectivity index (χ1) is 12.8. The van der Waals surface area contributed by atoms with Crippen molar-refractivity contribution < 1.29 is 28.9 Å². The standard InChI is InChI=1S/C20H29NO6/c1-12(2)9-10-26-15-6-5-14(11-18(15)25-4)13(3)21-19(22)16-7-8-17(27-16)20(23)24/h5-6,11-13,16-17H,7-10H2,1-4H3,(H,21,22)(H,23,24)/t13?,16-,17+/m0/s1. The van der Waals surface area contributed by atoms with E-state index >= 15 is 0 Å². The highest BCUT2D eigenvalue weighted by atomic mass is 16.5. The van der Waals surface area contributed by atoms with Crippen molar-refractivity contribution in [2.45, 2.75) is 58.3 Å². The van der Waals surface area contributed by atoms with E-state index in [4.69, 9.17) is 19.3 Å². The third kappa shape index (κ3) is 5.85. The molecule has 1 aromatic rings. The molecule has 1 aliphatic heterocycles. The second kappa shape index (κ2) is 9.60. The predicted octanol–water partition coefficient (Wildman–Crippen LogP) is 2.93. The van der Waals surface area contributed by atoms with Crippen LogP contribution < -0.4 is 14.8 Å². The van der Waals surface area contributed by atoms with Crippen LogP contribution in [0.15, 0.2) is 18.2 Å². The zero-order valence-electron chi connectivity index (χ0n) is 16.4. The Morgan fingerprint density at radius 1 is 1.22 bits per heavy atom. The zero-order valence-corrected chi connectivity index (χ0v) is 16.4. The Balaban J connectivity index is 1.96. The molecule has 7 heteroatoms. The molecule has 0 saturated carbocycles. The van der Waals surface area contributed by atoms with Gasteiger partial charge in [-0.25, -0.2) is 4.79 Å². The molecule has 1 unspecified atom stereocenters. The molecule has 1 heterocycles. The number of carboxylic acids is 1. The van der Waals surface area contributed by atoms with Crippen LogP contribution in [0.5, 0.6) is 11.5 Å². The van der Waals surface area contributed by atoms with Crippen LogP contribution in [-0.4, -0.2) is 42.9 Å². The van der Waals surface area contributed by atoms with Crippen LogP contribution in [0.4, 0.5) is 0 Å². The van der Waals surface area contributed by atoms with E-state index in [1.54, 1.807) is 7.11 Å². The van der Waals surface area contributed by atoms with Gasteiger partial charge in [-0.2, -0.15) is 0 Å². The van der Waals surface area contributed by atoms with Crippen LogP contribution >= 0.6 is 0 Å². The normalized spacial score (nSPS) is 20.3. The van der Waals surface area contributed by atoms with Crippen molar-refractivity contribution in [3.8, 4) is 11.5 Å². The highest BCUT2D eigenvalue weighted by molar-refractivity contribution is 5.83. The van der Waals surface area contributed by atoms with Gasteiger partial charge in [0.2, 0.25) is 5.91 Å². The first-order valence-electron chi connectivity index (χ1n) is 9.31. The Morgan fingerprint density at radius 2 is 1.93 bits per heavy atom. The fourth-order valence-corrected chi connectivity index (χ4v) is 2.88. The average molecular weight is 379 g/mol. The maximum atomic E-state index is 12.3. The van der Waals surface area contributed by atoms with Crippen molar-refractivity contribution in [1.82, 2.24) is 5.32 Å². The van der Waals surface area contributed by atoms with Gasteiger partial charge < -0.3 is 24.6 Å². The lowest BCUT2D eigenvalue weighted by molar-refractivity contribution is -0.151. The zero-order chi connectivity index (χ0) is 20.0. The molecule has 0 aliphatic carbocycles. The number of ether oxygens (including phenoxy) is 3. The lowest BCUT2D eigenvalue weighted by atomic mass is 10.1. The molecule has 2 N–H and O–H groups in total. The van der Waals surface area contributed by atoms with Crippen molar-refractivity contribution in [3.63, 3.8) is 0 Å². The van der Waals surface area contributed by atoms with Gasteiger partial charge in [0.15, 0.2) is 17.6 Å². The van der Waals surface area contributed by atoms with E-state index < -0.39 is 18.2 Å². The van der Waals surface area contributed by atoms with Crippen LogP contribution in [-0.2, 0) is 14.3 Å². The predicted molar refractivity (Wildman–Crippen MR) is 100 cm³/mol. The summed E-state index contributed by atoms with van der Waals surface area (Å²) in [7, 11) is 1.58. The minimum absolute atomic E-state index is 0.274. The molecule has 0 spiro atoms. The molecule has 1 amide bonds. The molecular formula is C20H29NO6. The Labute approximate surface area is 160 Å². The maximum absolute atomic E-state index is 12.3.